The van der Waals surface area contributed by atoms with Gasteiger partial charge in [0, 0.05) is 18.8 Å². The predicted octanol–water partition coefficient (Wildman–Crippen LogP) is 2.78. The molecule has 2 rings (SSSR count). The molecule has 0 aliphatic carbocycles. The third-order valence-electron chi connectivity index (χ3n) is 2.85. The highest BCUT2D eigenvalue weighted by Crippen LogP contribution is 2.33. The quantitative estimate of drug-likeness (QED) is 0.509. The number of hydrogen-bond donors (Lipinski definition) is 1. The summed E-state index contributed by atoms with van der Waals surface area (Å²) in [5.41, 5.74) is 1.21. The van der Waals surface area contributed by atoms with E-state index in [1.165, 1.54) is 6.92 Å². The van der Waals surface area contributed by atoms with Crippen LogP contribution in [-0.4, -0.2) is 21.0 Å². The average molecular weight is 354 g/mol. The number of benzene rings is 1. The van der Waals surface area contributed by atoms with Crippen LogP contribution in [0.2, 0.25) is 0 Å². The number of nitrogens with one attached hydrogen (secondary N) is 1. The number of nitriles is 2. The largest absolute Gasteiger partial charge is 0.326 e. The van der Waals surface area contributed by atoms with Gasteiger partial charge < -0.3 is 5.32 Å². The molecule has 1 aliphatic heterocycles. The molecule has 0 bridgehead atoms. The zero-order valence-electron chi connectivity index (χ0n) is 12.4. The van der Waals surface area contributed by atoms with E-state index in [1.54, 1.807) is 42.5 Å². The van der Waals surface area contributed by atoms with Gasteiger partial charge in [-0.05, 0) is 23.8 Å². The van der Waals surface area contributed by atoms with E-state index in [0.717, 1.165) is 28.4 Å². The molecule has 118 valence electrons. The Kier molecular flexibility index (Phi) is 5.48. The second-order valence-electron chi connectivity index (χ2n) is 4.62. The molecule has 0 radical (unpaired) electrons. The van der Waals surface area contributed by atoms with Gasteiger partial charge in [-0.3, -0.25) is 14.5 Å². The van der Waals surface area contributed by atoms with Crippen molar-refractivity contribution in [3.05, 3.63) is 46.5 Å². The van der Waals surface area contributed by atoms with Gasteiger partial charge in [0.2, 0.25) is 5.91 Å². The monoisotopic (exact) mass is 354 g/mol. The number of rotatable bonds is 3. The Morgan fingerprint density at radius 2 is 1.92 bits per heavy atom. The van der Waals surface area contributed by atoms with Gasteiger partial charge in [-0.15, -0.1) is 0 Å². The molecule has 1 aromatic rings. The van der Waals surface area contributed by atoms with E-state index in [1.807, 2.05) is 0 Å². The van der Waals surface area contributed by atoms with Crippen LogP contribution in [0.15, 0.2) is 40.9 Å². The van der Waals surface area contributed by atoms with Crippen LogP contribution in [0.1, 0.15) is 12.5 Å². The molecule has 0 aromatic heterocycles. The predicted molar refractivity (Wildman–Crippen MR) is 95.1 cm³/mol. The van der Waals surface area contributed by atoms with Gasteiger partial charge >= 0.3 is 0 Å². The lowest BCUT2D eigenvalue weighted by molar-refractivity contribution is -0.120. The second-order valence-corrected chi connectivity index (χ2v) is 6.30. The van der Waals surface area contributed by atoms with Crippen molar-refractivity contribution in [3.8, 4) is 12.1 Å². The Morgan fingerprint density at radius 1 is 1.29 bits per heavy atom. The van der Waals surface area contributed by atoms with Crippen LogP contribution in [0.3, 0.4) is 0 Å². The lowest BCUT2D eigenvalue weighted by Crippen LogP contribution is -2.22. The topological polar surface area (TPSA) is 97.0 Å². The van der Waals surface area contributed by atoms with Crippen molar-refractivity contribution < 1.29 is 9.59 Å². The van der Waals surface area contributed by atoms with E-state index in [-0.39, 0.29) is 21.7 Å². The number of allylic oxidation sites excluding steroid dienone is 1. The maximum atomic E-state index is 12.3. The van der Waals surface area contributed by atoms with Crippen LogP contribution in [0.5, 0.6) is 0 Å². The summed E-state index contributed by atoms with van der Waals surface area (Å²) in [6, 6.07) is 10.3. The fourth-order valence-electron chi connectivity index (χ4n) is 1.82. The van der Waals surface area contributed by atoms with Crippen LogP contribution >= 0.6 is 24.0 Å². The zero-order valence-corrected chi connectivity index (χ0v) is 14.1. The van der Waals surface area contributed by atoms with Gasteiger partial charge in [-0.2, -0.15) is 10.5 Å². The highest BCUT2D eigenvalue weighted by Gasteiger charge is 2.31. The van der Waals surface area contributed by atoms with Crippen molar-refractivity contribution in [2.75, 3.05) is 5.32 Å². The minimum absolute atomic E-state index is 0.166. The van der Waals surface area contributed by atoms with E-state index in [0.29, 0.717) is 10.6 Å². The Labute approximate surface area is 148 Å². The van der Waals surface area contributed by atoms with Crippen molar-refractivity contribution >= 4 is 51.9 Å². The minimum Gasteiger partial charge on any atom is -0.326 e. The fraction of sp³-hybridized carbons (Fsp3) is 0.0625. The fourth-order valence-corrected chi connectivity index (χ4v) is 3.03. The van der Waals surface area contributed by atoms with Crippen LogP contribution in [0.4, 0.5) is 5.69 Å². The third kappa shape index (κ3) is 4.07. The summed E-state index contributed by atoms with van der Waals surface area (Å²) in [5, 5.41) is 20.2. The lowest BCUT2D eigenvalue weighted by Gasteiger charge is -2.06. The Morgan fingerprint density at radius 3 is 2.46 bits per heavy atom. The first-order chi connectivity index (χ1) is 11.4. The molecule has 1 aliphatic rings. The molecule has 2 amide bonds. The molecular formula is C16H10N4O2S2. The van der Waals surface area contributed by atoms with E-state index in [4.69, 9.17) is 22.7 Å². The van der Waals surface area contributed by atoms with E-state index in [2.05, 4.69) is 5.32 Å². The number of nitrogens with zero attached hydrogens (tertiary/aromatic N) is 3. The third-order valence-corrected chi connectivity index (χ3v) is 4.18. The van der Waals surface area contributed by atoms with Gasteiger partial charge in [0.15, 0.2) is 4.32 Å². The summed E-state index contributed by atoms with van der Waals surface area (Å²) in [4.78, 5) is 24.8. The Hall–Kier alpha value is -2.94. The van der Waals surface area contributed by atoms with Gasteiger partial charge in [0.25, 0.3) is 5.91 Å². The molecule has 0 unspecified atom stereocenters. The first-order valence-electron chi connectivity index (χ1n) is 6.61. The molecule has 1 saturated heterocycles. The van der Waals surface area contributed by atoms with Crippen LogP contribution < -0.4 is 5.32 Å². The average Bonchev–Trinajstić information content (AvgIpc) is 2.80. The van der Waals surface area contributed by atoms with Crippen molar-refractivity contribution in [2.24, 2.45) is 0 Å². The first-order valence-corrected chi connectivity index (χ1v) is 7.84. The van der Waals surface area contributed by atoms with Gasteiger partial charge in [-0.1, -0.05) is 36.1 Å². The van der Waals surface area contributed by atoms with E-state index >= 15 is 0 Å². The number of anilines is 1. The first kappa shape index (κ1) is 17.4. The molecule has 0 saturated carbocycles. The summed E-state index contributed by atoms with van der Waals surface area (Å²) in [6.45, 7) is 1.42. The maximum absolute atomic E-state index is 12.3. The molecule has 24 heavy (non-hydrogen) atoms. The summed E-state index contributed by atoms with van der Waals surface area (Å²) >= 11 is 6.20. The number of thioether (sulfide) groups is 1. The van der Waals surface area contributed by atoms with Gasteiger partial charge in [0.05, 0.1) is 4.91 Å². The highest BCUT2D eigenvalue weighted by atomic mass is 32.2. The molecule has 1 N–H and O–H groups in total. The standard InChI is InChI=1S/C16H10N4O2S2/c1-10(21)19-13-4-2-11(3-5-13)6-14-15(22)20(16(23)24-14)9-12(7-17)8-18/h2-6,9H,1H3,(H,19,21). The molecule has 8 heteroatoms. The van der Waals surface area contributed by atoms with Crippen molar-refractivity contribution in [3.63, 3.8) is 0 Å². The van der Waals surface area contributed by atoms with E-state index < -0.39 is 0 Å². The molecule has 1 aromatic carbocycles. The number of hydrogen-bond acceptors (Lipinski definition) is 6. The Bertz CT molecular complexity index is 842. The summed E-state index contributed by atoms with van der Waals surface area (Å²) in [5.74, 6) is -0.555. The normalized spacial score (nSPS) is 15.0. The van der Waals surface area contributed by atoms with E-state index in [9.17, 15) is 9.59 Å². The molecule has 1 fully saturated rings. The summed E-state index contributed by atoms with van der Waals surface area (Å²) in [6.07, 6.45) is 2.79. The number of carbonyl (C=O) groups is 2. The van der Waals surface area contributed by atoms with Gasteiger partial charge in [0.1, 0.15) is 17.7 Å². The van der Waals surface area contributed by atoms with Crippen molar-refractivity contribution in [1.82, 2.24) is 4.90 Å². The van der Waals surface area contributed by atoms with Crippen LogP contribution in [-0.2, 0) is 9.59 Å². The molecule has 1 heterocycles. The van der Waals surface area contributed by atoms with Crippen molar-refractivity contribution in [1.29, 1.82) is 10.5 Å². The van der Waals surface area contributed by atoms with Crippen molar-refractivity contribution in [2.45, 2.75) is 6.92 Å². The molecule has 0 atom stereocenters. The SMILES string of the molecule is CC(=O)Nc1ccc(C=C2SC(=S)N(C=C(C#N)C#N)C2=O)cc1. The second kappa shape index (κ2) is 7.55. The highest BCUT2D eigenvalue weighted by molar-refractivity contribution is 8.26. The molecular weight excluding hydrogens is 344 g/mol. The number of thiocarbonyl (C=S) groups is 1. The maximum Gasteiger partial charge on any atom is 0.270 e. The Balaban J connectivity index is 2.23. The van der Waals surface area contributed by atoms with Crippen LogP contribution in [0.25, 0.3) is 6.08 Å². The lowest BCUT2D eigenvalue weighted by atomic mass is 10.2. The van der Waals surface area contributed by atoms with Gasteiger partial charge in [-0.25, -0.2) is 0 Å². The summed E-state index contributed by atoms with van der Waals surface area (Å²) < 4.78 is 0.254. The number of amides is 2. The summed E-state index contributed by atoms with van der Waals surface area (Å²) in [7, 11) is 0. The molecule has 6 nitrogen and oxygen atoms in total. The number of carbonyl (C=O) groups excluding carboxylic acids is 2. The smallest absolute Gasteiger partial charge is 0.270 e. The molecule has 0 spiro atoms. The zero-order chi connectivity index (χ0) is 17.7. The van der Waals surface area contributed by atoms with Crippen LogP contribution in [0, 0.1) is 22.7 Å². The minimum atomic E-state index is -0.390.